The molecule has 214 valence electrons. The molecule has 0 saturated carbocycles. The number of halogens is 3. The Labute approximate surface area is 243 Å². The van der Waals surface area contributed by atoms with Crippen LogP contribution >= 0.6 is 12.4 Å². The van der Waals surface area contributed by atoms with E-state index in [1.165, 1.54) is 24.5 Å². The number of rotatable bonds is 8. The van der Waals surface area contributed by atoms with Crippen molar-refractivity contribution in [3.63, 3.8) is 0 Å². The van der Waals surface area contributed by atoms with Crippen LogP contribution < -0.4 is 15.5 Å². The molecule has 0 radical (unpaired) electrons. The van der Waals surface area contributed by atoms with Gasteiger partial charge < -0.3 is 10.6 Å². The van der Waals surface area contributed by atoms with Crippen molar-refractivity contribution >= 4 is 35.6 Å². The molecule has 4 aromatic rings. The maximum atomic E-state index is 14.0. The van der Waals surface area contributed by atoms with Crippen molar-refractivity contribution in [1.82, 2.24) is 30.2 Å². The Morgan fingerprint density at radius 1 is 1.07 bits per heavy atom. The summed E-state index contributed by atoms with van der Waals surface area (Å²) in [5, 5.41) is 6.58. The number of carbonyl (C=O) groups is 1. The molecule has 2 N–H and O–H groups in total. The highest BCUT2D eigenvalue weighted by molar-refractivity contribution is 6.07. The predicted molar refractivity (Wildman–Crippen MR) is 157 cm³/mol. The lowest BCUT2D eigenvalue weighted by atomic mass is 10.0. The van der Waals surface area contributed by atoms with Gasteiger partial charge in [-0.05, 0) is 43.7 Å². The Hall–Kier alpha value is -4.06. The number of carbonyl (C=O) groups excluding carboxylic acids is 1. The molecule has 9 nitrogen and oxygen atoms in total. The first-order chi connectivity index (χ1) is 19.4. The number of anilines is 3. The zero-order valence-corrected chi connectivity index (χ0v) is 23.5. The standard InChI is InChI=1S/C29H30F2N8O.ClH/c1-19-7-8-22(15-26(19)37-29-35-10-9-25(36-29)21-16-33-18-34-17-21)39(20(2)38-13-11-32-12-14-38)28(40)24-6-4-3-5-23(24)27(30)31;/h3-10,15-18,20,27,32H,11-14H2,1-2H3,(H,35,36,37);1H. The largest absolute Gasteiger partial charge is 0.324 e. The summed E-state index contributed by atoms with van der Waals surface area (Å²) >= 11 is 0. The van der Waals surface area contributed by atoms with Crippen molar-refractivity contribution in [3.05, 3.63) is 90.1 Å². The smallest absolute Gasteiger partial charge is 0.264 e. The number of piperazine rings is 1. The van der Waals surface area contributed by atoms with Gasteiger partial charge in [-0.3, -0.25) is 14.6 Å². The van der Waals surface area contributed by atoms with Crippen molar-refractivity contribution < 1.29 is 13.6 Å². The molecule has 0 spiro atoms. The molecule has 1 aliphatic rings. The lowest BCUT2D eigenvalue weighted by Crippen LogP contribution is -2.55. The van der Waals surface area contributed by atoms with Gasteiger partial charge >= 0.3 is 0 Å². The normalized spacial score (nSPS) is 14.3. The van der Waals surface area contributed by atoms with Crippen molar-refractivity contribution in [2.75, 3.05) is 36.4 Å². The van der Waals surface area contributed by atoms with E-state index in [0.717, 1.165) is 37.3 Å². The quantitative estimate of drug-likeness (QED) is 0.292. The summed E-state index contributed by atoms with van der Waals surface area (Å²) in [6, 6.07) is 13.2. The zero-order valence-electron chi connectivity index (χ0n) is 22.7. The number of nitrogens with zero attached hydrogens (tertiary/aromatic N) is 6. The van der Waals surface area contributed by atoms with Gasteiger partial charge in [0.25, 0.3) is 12.3 Å². The summed E-state index contributed by atoms with van der Waals surface area (Å²) in [5.41, 5.74) is 3.25. The third-order valence-corrected chi connectivity index (χ3v) is 6.96. The molecule has 3 heterocycles. The van der Waals surface area contributed by atoms with E-state index in [2.05, 4.69) is 35.5 Å². The number of nitrogens with one attached hydrogen (secondary N) is 2. The van der Waals surface area contributed by atoms with Crippen LogP contribution in [0.5, 0.6) is 0 Å². The molecule has 1 aliphatic heterocycles. The Balaban J connectivity index is 0.00000387. The van der Waals surface area contributed by atoms with Crippen LogP contribution in [-0.4, -0.2) is 63.1 Å². The highest BCUT2D eigenvalue weighted by Gasteiger charge is 2.31. The molecule has 2 aromatic heterocycles. The Bertz CT molecular complexity index is 1470. The van der Waals surface area contributed by atoms with Crippen LogP contribution in [0.1, 0.15) is 34.8 Å². The maximum Gasteiger partial charge on any atom is 0.264 e. The second-order valence-electron chi connectivity index (χ2n) is 9.50. The predicted octanol–water partition coefficient (Wildman–Crippen LogP) is 5.24. The van der Waals surface area contributed by atoms with E-state index >= 15 is 0 Å². The molecule has 1 fully saturated rings. The van der Waals surface area contributed by atoms with Crippen LogP contribution in [0.2, 0.25) is 0 Å². The Kier molecular flexibility index (Phi) is 9.87. The average Bonchev–Trinajstić information content (AvgIpc) is 2.99. The molecule has 1 saturated heterocycles. The van der Waals surface area contributed by atoms with Gasteiger partial charge in [0.15, 0.2) is 0 Å². The number of aromatic nitrogens is 4. The van der Waals surface area contributed by atoms with E-state index in [-0.39, 0.29) is 29.7 Å². The van der Waals surface area contributed by atoms with Crippen molar-refractivity contribution in [2.24, 2.45) is 0 Å². The van der Waals surface area contributed by atoms with E-state index < -0.39 is 12.3 Å². The van der Waals surface area contributed by atoms with Crippen molar-refractivity contribution in [2.45, 2.75) is 26.4 Å². The number of hydrogen-bond acceptors (Lipinski definition) is 8. The van der Waals surface area contributed by atoms with E-state index in [1.807, 2.05) is 32.0 Å². The van der Waals surface area contributed by atoms with Crippen molar-refractivity contribution in [3.8, 4) is 11.3 Å². The van der Waals surface area contributed by atoms with E-state index in [9.17, 15) is 13.6 Å². The fraction of sp³-hybridized carbons (Fsp3) is 0.276. The van der Waals surface area contributed by atoms with Gasteiger partial charge in [0.05, 0.1) is 11.9 Å². The first-order valence-corrected chi connectivity index (χ1v) is 13.0. The zero-order chi connectivity index (χ0) is 28.1. The Morgan fingerprint density at radius 3 is 2.54 bits per heavy atom. The van der Waals surface area contributed by atoms with Crippen LogP contribution in [0.4, 0.5) is 26.1 Å². The summed E-state index contributed by atoms with van der Waals surface area (Å²) in [4.78, 5) is 34.8. The summed E-state index contributed by atoms with van der Waals surface area (Å²) in [6.07, 6.45) is 3.28. The average molecular weight is 581 g/mol. The first kappa shape index (κ1) is 29.9. The molecule has 41 heavy (non-hydrogen) atoms. The third-order valence-electron chi connectivity index (χ3n) is 6.96. The second kappa shape index (κ2) is 13.5. The topological polar surface area (TPSA) is 99.2 Å². The number of aryl methyl sites for hydroxylation is 1. The van der Waals surface area contributed by atoms with Crippen LogP contribution in [0, 0.1) is 6.92 Å². The van der Waals surface area contributed by atoms with Crippen LogP contribution in [-0.2, 0) is 0 Å². The third kappa shape index (κ3) is 6.82. The van der Waals surface area contributed by atoms with Gasteiger partial charge in [-0.15, -0.1) is 12.4 Å². The molecule has 1 atom stereocenters. The molecule has 2 aromatic carbocycles. The van der Waals surface area contributed by atoms with Gasteiger partial charge in [-0.25, -0.2) is 28.7 Å². The number of amides is 1. The molecule has 12 heteroatoms. The van der Waals surface area contributed by atoms with Crippen LogP contribution in [0.15, 0.2) is 73.4 Å². The van der Waals surface area contributed by atoms with Crippen LogP contribution in [0.3, 0.4) is 0 Å². The first-order valence-electron chi connectivity index (χ1n) is 13.0. The molecule has 5 rings (SSSR count). The second-order valence-corrected chi connectivity index (χ2v) is 9.50. The summed E-state index contributed by atoms with van der Waals surface area (Å²) < 4.78 is 27.8. The summed E-state index contributed by atoms with van der Waals surface area (Å²) in [6.45, 7) is 6.86. The maximum absolute atomic E-state index is 14.0. The summed E-state index contributed by atoms with van der Waals surface area (Å²) in [7, 11) is 0. The number of hydrogen-bond donors (Lipinski definition) is 2. The minimum Gasteiger partial charge on any atom is -0.324 e. The Morgan fingerprint density at radius 2 is 1.80 bits per heavy atom. The lowest BCUT2D eigenvalue weighted by molar-refractivity contribution is 0.0910. The highest BCUT2D eigenvalue weighted by Crippen LogP contribution is 2.31. The van der Waals surface area contributed by atoms with Gasteiger partial charge in [0.2, 0.25) is 5.95 Å². The lowest BCUT2D eigenvalue weighted by Gasteiger charge is -2.40. The SMILES string of the molecule is Cc1ccc(N(C(=O)c2ccccc2C(F)F)C(C)N2CCNCC2)cc1Nc1nccc(-c2cncnc2)n1.Cl. The molecule has 0 bridgehead atoms. The van der Waals surface area contributed by atoms with Crippen molar-refractivity contribution in [1.29, 1.82) is 0 Å². The molecular weight excluding hydrogens is 550 g/mol. The minimum absolute atomic E-state index is 0. The van der Waals surface area contributed by atoms with Gasteiger partial charge in [0.1, 0.15) is 6.33 Å². The minimum atomic E-state index is -2.77. The number of alkyl halides is 2. The van der Waals surface area contributed by atoms with Crippen LogP contribution in [0.25, 0.3) is 11.3 Å². The monoisotopic (exact) mass is 580 g/mol. The van der Waals surface area contributed by atoms with Gasteiger partial charge in [-0.1, -0.05) is 24.3 Å². The molecule has 1 amide bonds. The van der Waals surface area contributed by atoms with E-state index in [4.69, 9.17) is 0 Å². The number of benzene rings is 2. The molecule has 0 aliphatic carbocycles. The highest BCUT2D eigenvalue weighted by atomic mass is 35.5. The van der Waals surface area contributed by atoms with E-state index in [1.54, 1.807) is 35.6 Å². The fourth-order valence-corrected chi connectivity index (χ4v) is 4.76. The van der Waals surface area contributed by atoms with Gasteiger partial charge in [0, 0.05) is 72.8 Å². The molecular formula is C29H31ClF2N8O. The van der Waals surface area contributed by atoms with E-state index in [0.29, 0.717) is 23.0 Å². The van der Waals surface area contributed by atoms with Gasteiger partial charge in [-0.2, -0.15) is 0 Å². The molecule has 1 unspecified atom stereocenters. The fourth-order valence-electron chi connectivity index (χ4n) is 4.76. The summed E-state index contributed by atoms with van der Waals surface area (Å²) in [5.74, 6) is -0.128.